The molecule has 0 saturated carbocycles. The fourth-order valence-electron chi connectivity index (χ4n) is 5.52. The maximum Gasteiger partial charge on any atom is 0.573 e. The summed E-state index contributed by atoms with van der Waals surface area (Å²) in [6.45, 7) is 3.45. The van der Waals surface area contributed by atoms with Crippen molar-refractivity contribution in [2.75, 3.05) is 25.5 Å². The number of pyridine rings is 1. The maximum atomic E-state index is 14.9. The molecule has 3 aromatic heterocycles. The third-order valence-corrected chi connectivity index (χ3v) is 7.93. The lowest BCUT2D eigenvalue weighted by atomic mass is 9.98. The fourth-order valence-corrected chi connectivity index (χ4v) is 5.52. The smallest absolute Gasteiger partial charge is 0.486 e. The number of piperidine rings is 1. The van der Waals surface area contributed by atoms with Crippen molar-refractivity contribution in [3.05, 3.63) is 59.8 Å². The van der Waals surface area contributed by atoms with E-state index in [1.165, 1.54) is 35.2 Å². The number of aryl methyl sites for hydroxylation is 1. The van der Waals surface area contributed by atoms with E-state index in [9.17, 15) is 22.7 Å². The quantitative estimate of drug-likeness (QED) is 0.270. The van der Waals surface area contributed by atoms with Gasteiger partial charge in [0.15, 0.2) is 23.0 Å². The predicted molar refractivity (Wildman–Crippen MR) is 147 cm³/mol. The van der Waals surface area contributed by atoms with Gasteiger partial charge < -0.3 is 24.8 Å². The summed E-state index contributed by atoms with van der Waals surface area (Å²) in [6, 6.07) is 7.71. The van der Waals surface area contributed by atoms with Crippen LogP contribution in [0.25, 0.3) is 16.9 Å². The third kappa shape index (κ3) is 5.58. The summed E-state index contributed by atoms with van der Waals surface area (Å²) >= 11 is 0. The first-order valence-corrected chi connectivity index (χ1v) is 13.8. The van der Waals surface area contributed by atoms with Gasteiger partial charge in [-0.25, -0.2) is 14.4 Å². The Hall–Kier alpha value is -3.97. The highest BCUT2D eigenvalue weighted by Crippen LogP contribution is 2.39. The van der Waals surface area contributed by atoms with Crippen LogP contribution in [0, 0.1) is 5.82 Å². The normalized spacial score (nSPS) is 19.7. The molecule has 1 saturated heterocycles. The van der Waals surface area contributed by atoms with Crippen molar-refractivity contribution >= 4 is 22.7 Å². The van der Waals surface area contributed by atoms with E-state index in [-0.39, 0.29) is 34.5 Å². The Kier molecular flexibility index (Phi) is 7.17. The van der Waals surface area contributed by atoms with E-state index in [1.54, 1.807) is 6.07 Å². The summed E-state index contributed by atoms with van der Waals surface area (Å²) in [7, 11) is 1.98. The summed E-state index contributed by atoms with van der Waals surface area (Å²) in [4.78, 5) is 15.4. The summed E-state index contributed by atoms with van der Waals surface area (Å²) in [5.41, 5.74) is 0.874. The average molecular weight is 587 g/mol. The number of halogens is 4. The van der Waals surface area contributed by atoms with E-state index in [0.29, 0.717) is 43.6 Å². The van der Waals surface area contributed by atoms with Gasteiger partial charge in [0.2, 0.25) is 5.95 Å². The van der Waals surface area contributed by atoms with Crippen LogP contribution < -0.4 is 14.8 Å². The first-order valence-electron chi connectivity index (χ1n) is 13.8. The van der Waals surface area contributed by atoms with Crippen molar-refractivity contribution in [1.29, 1.82) is 0 Å². The molecule has 0 unspecified atom stereocenters. The molecule has 1 fully saturated rings. The van der Waals surface area contributed by atoms with E-state index >= 15 is 0 Å². The molecule has 13 heteroatoms. The van der Waals surface area contributed by atoms with Crippen LogP contribution in [0.2, 0.25) is 0 Å². The molecule has 2 aliphatic rings. The summed E-state index contributed by atoms with van der Waals surface area (Å²) < 4.78 is 66.3. The Bertz CT molecular complexity index is 1620. The number of benzene rings is 1. The van der Waals surface area contributed by atoms with Crippen molar-refractivity contribution in [3.8, 4) is 17.3 Å². The summed E-state index contributed by atoms with van der Waals surface area (Å²) in [5, 5.41) is 14.0. The Labute approximate surface area is 239 Å². The SMILES string of the molecule is CC[C@@]1(O)CCc2ccc(-n3cc(F)c4cnc(Nc5ccc(OC6CCN(C)CC6)c(OC(F)(F)F)c5)nc43)nc21. The lowest BCUT2D eigenvalue weighted by Gasteiger charge is -2.30. The second kappa shape index (κ2) is 10.7. The minimum atomic E-state index is -4.93. The zero-order valence-electron chi connectivity index (χ0n) is 23.1. The van der Waals surface area contributed by atoms with E-state index in [1.807, 2.05) is 20.0 Å². The van der Waals surface area contributed by atoms with Crippen LogP contribution in [0.5, 0.6) is 11.5 Å². The molecule has 1 aromatic carbocycles. The molecule has 1 aliphatic heterocycles. The number of alkyl halides is 3. The molecular formula is C29H30F4N6O3. The maximum absolute atomic E-state index is 14.9. The minimum Gasteiger partial charge on any atom is -0.486 e. The van der Waals surface area contributed by atoms with E-state index in [2.05, 4.69) is 29.9 Å². The number of aromatic nitrogens is 4. The zero-order valence-corrected chi connectivity index (χ0v) is 23.1. The second-order valence-electron chi connectivity index (χ2n) is 10.8. The molecule has 4 heterocycles. The van der Waals surface area contributed by atoms with Crippen LogP contribution in [0.3, 0.4) is 0 Å². The van der Waals surface area contributed by atoms with Crippen LogP contribution >= 0.6 is 0 Å². The molecule has 0 bridgehead atoms. The third-order valence-electron chi connectivity index (χ3n) is 7.93. The lowest BCUT2D eigenvalue weighted by molar-refractivity contribution is -0.275. The highest BCUT2D eigenvalue weighted by molar-refractivity contribution is 5.79. The van der Waals surface area contributed by atoms with Gasteiger partial charge in [-0.2, -0.15) is 4.98 Å². The molecule has 0 radical (unpaired) electrons. The number of nitrogens with one attached hydrogen (secondary N) is 1. The topological polar surface area (TPSA) is 97.6 Å². The van der Waals surface area contributed by atoms with Crippen LogP contribution in [0.15, 0.2) is 42.7 Å². The van der Waals surface area contributed by atoms with Gasteiger partial charge in [0.1, 0.15) is 17.5 Å². The van der Waals surface area contributed by atoms with Crippen molar-refractivity contribution in [3.63, 3.8) is 0 Å². The number of likely N-dealkylation sites (tertiary alicyclic amines) is 1. The average Bonchev–Trinajstić information content (AvgIpc) is 3.47. The van der Waals surface area contributed by atoms with Gasteiger partial charge in [-0.3, -0.25) is 4.57 Å². The monoisotopic (exact) mass is 586 g/mol. The molecule has 4 aromatic rings. The molecule has 222 valence electrons. The standard InChI is InChI=1S/C29H30F4N6O3/c1-3-28(40)11-8-17-4-7-24(36-25(17)28)39-16-21(30)20-15-34-27(37-26(20)39)35-18-5-6-22(23(14-18)42-29(31,32)33)41-19-9-12-38(2)13-10-19/h4-7,14-16,19,40H,3,8-13H2,1-2H3,(H,34,35,37)/t28-/m1/s1. The molecule has 9 nitrogen and oxygen atoms in total. The van der Waals surface area contributed by atoms with Gasteiger partial charge in [0.05, 0.1) is 11.1 Å². The molecule has 42 heavy (non-hydrogen) atoms. The largest absolute Gasteiger partial charge is 0.573 e. The van der Waals surface area contributed by atoms with E-state index < -0.39 is 23.5 Å². The Morgan fingerprint density at radius 2 is 1.90 bits per heavy atom. The molecule has 1 atom stereocenters. The minimum absolute atomic E-state index is 0.0190. The number of anilines is 2. The van der Waals surface area contributed by atoms with Gasteiger partial charge in [-0.05, 0) is 62.9 Å². The Balaban J connectivity index is 1.30. The predicted octanol–water partition coefficient (Wildman–Crippen LogP) is 5.61. The van der Waals surface area contributed by atoms with Gasteiger partial charge >= 0.3 is 6.36 Å². The van der Waals surface area contributed by atoms with Gasteiger partial charge in [-0.15, -0.1) is 13.2 Å². The summed E-state index contributed by atoms with van der Waals surface area (Å²) in [5.74, 6) is -0.685. The molecule has 2 N–H and O–H groups in total. The van der Waals surface area contributed by atoms with Crippen molar-refractivity contribution in [2.24, 2.45) is 0 Å². The van der Waals surface area contributed by atoms with Gasteiger partial charge in [0, 0.05) is 37.2 Å². The first-order chi connectivity index (χ1) is 20.0. The Morgan fingerprint density at radius 3 is 2.64 bits per heavy atom. The second-order valence-corrected chi connectivity index (χ2v) is 10.8. The van der Waals surface area contributed by atoms with Crippen LogP contribution in [0.4, 0.5) is 29.2 Å². The Morgan fingerprint density at radius 1 is 1.12 bits per heavy atom. The van der Waals surface area contributed by atoms with Crippen LogP contribution in [-0.2, 0) is 12.0 Å². The number of hydrogen-bond donors (Lipinski definition) is 2. The van der Waals surface area contributed by atoms with Crippen LogP contribution in [0.1, 0.15) is 43.9 Å². The molecule has 1 aliphatic carbocycles. The molecule has 6 rings (SSSR count). The highest BCUT2D eigenvalue weighted by atomic mass is 19.4. The zero-order chi connectivity index (χ0) is 29.6. The van der Waals surface area contributed by atoms with Gasteiger partial charge in [0.25, 0.3) is 0 Å². The molecular weight excluding hydrogens is 556 g/mol. The molecule has 0 amide bonds. The van der Waals surface area contributed by atoms with Crippen molar-refractivity contribution < 1.29 is 32.1 Å². The number of aliphatic hydroxyl groups is 1. The highest BCUT2D eigenvalue weighted by Gasteiger charge is 2.37. The first kappa shape index (κ1) is 28.2. The van der Waals surface area contributed by atoms with E-state index in [4.69, 9.17) is 4.74 Å². The van der Waals surface area contributed by atoms with Crippen molar-refractivity contribution in [2.45, 2.75) is 57.1 Å². The molecule has 0 spiro atoms. The summed E-state index contributed by atoms with van der Waals surface area (Å²) in [6.07, 6.45) is 0.495. The number of fused-ring (bicyclic) bond motifs is 2. The number of ether oxygens (including phenoxy) is 2. The van der Waals surface area contributed by atoms with Crippen LogP contribution in [-0.4, -0.2) is 62.1 Å². The number of hydrogen-bond acceptors (Lipinski definition) is 8. The van der Waals surface area contributed by atoms with Crippen molar-refractivity contribution in [1.82, 2.24) is 24.4 Å². The van der Waals surface area contributed by atoms with E-state index in [0.717, 1.165) is 18.7 Å². The lowest BCUT2D eigenvalue weighted by Crippen LogP contribution is -2.35. The fraction of sp³-hybridized carbons (Fsp3) is 0.414. The number of nitrogens with zero attached hydrogens (tertiary/aromatic N) is 5. The number of rotatable bonds is 7. The van der Waals surface area contributed by atoms with Gasteiger partial charge in [-0.1, -0.05) is 13.0 Å².